The van der Waals surface area contributed by atoms with Crippen LogP contribution in [-0.4, -0.2) is 10.2 Å². The van der Waals surface area contributed by atoms with E-state index in [4.69, 9.17) is 11.6 Å². The SMILES string of the molecule is CCC1CCC(c2c(C)nnc(Cl)c2-c2c(F)cccc2F)CC1. The van der Waals surface area contributed by atoms with Gasteiger partial charge in [0.15, 0.2) is 5.15 Å². The number of hydrogen-bond donors (Lipinski definition) is 0. The summed E-state index contributed by atoms with van der Waals surface area (Å²) in [7, 11) is 0. The second kappa shape index (κ2) is 7.14. The largest absolute Gasteiger partial charge is 0.206 e. The van der Waals surface area contributed by atoms with Crippen LogP contribution in [0.1, 0.15) is 56.2 Å². The van der Waals surface area contributed by atoms with Gasteiger partial charge in [-0.15, -0.1) is 5.10 Å². The average molecular weight is 351 g/mol. The summed E-state index contributed by atoms with van der Waals surface area (Å²) in [6, 6.07) is 3.86. The summed E-state index contributed by atoms with van der Waals surface area (Å²) in [5, 5.41) is 8.08. The maximum Gasteiger partial charge on any atom is 0.160 e. The maximum absolute atomic E-state index is 14.4. The summed E-state index contributed by atoms with van der Waals surface area (Å²) in [5.74, 6) is -0.282. The van der Waals surface area contributed by atoms with E-state index in [2.05, 4.69) is 17.1 Å². The quantitative estimate of drug-likeness (QED) is 0.671. The second-order valence-corrected chi connectivity index (χ2v) is 6.95. The minimum Gasteiger partial charge on any atom is -0.206 e. The lowest BCUT2D eigenvalue weighted by Crippen LogP contribution is -2.16. The molecule has 0 atom stereocenters. The molecule has 128 valence electrons. The highest BCUT2D eigenvalue weighted by Gasteiger charge is 2.29. The molecule has 0 saturated heterocycles. The predicted molar refractivity (Wildman–Crippen MR) is 92.1 cm³/mol. The van der Waals surface area contributed by atoms with Gasteiger partial charge in [-0.1, -0.05) is 31.0 Å². The van der Waals surface area contributed by atoms with Gasteiger partial charge in [-0.25, -0.2) is 8.78 Å². The molecule has 1 saturated carbocycles. The van der Waals surface area contributed by atoms with Gasteiger partial charge >= 0.3 is 0 Å². The molecule has 0 spiro atoms. The number of aromatic nitrogens is 2. The van der Waals surface area contributed by atoms with E-state index in [-0.39, 0.29) is 16.6 Å². The molecule has 0 radical (unpaired) electrons. The van der Waals surface area contributed by atoms with Crippen molar-refractivity contribution in [1.82, 2.24) is 10.2 Å². The van der Waals surface area contributed by atoms with Crippen LogP contribution in [0.4, 0.5) is 8.78 Å². The Hall–Kier alpha value is -1.55. The Kier molecular flexibility index (Phi) is 5.14. The molecule has 1 aliphatic carbocycles. The Morgan fingerprint density at radius 1 is 1.04 bits per heavy atom. The van der Waals surface area contributed by atoms with Crippen molar-refractivity contribution in [3.63, 3.8) is 0 Å². The van der Waals surface area contributed by atoms with Gasteiger partial charge in [0, 0.05) is 5.56 Å². The van der Waals surface area contributed by atoms with Crippen molar-refractivity contribution in [3.8, 4) is 11.1 Å². The van der Waals surface area contributed by atoms with Crippen LogP contribution in [0.3, 0.4) is 0 Å². The molecule has 0 amide bonds. The molecule has 1 aromatic carbocycles. The molecule has 2 nitrogen and oxygen atoms in total. The lowest BCUT2D eigenvalue weighted by molar-refractivity contribution is 0.318. The molecule has 2 aromatic rings. The first-order chi connectivity index (χ1) is 11.5. The maximum atomic E-state index is 14.4. The van der Waals surface area contributed by atoms with Crippen LogP contribution < -0.4 is 0 Å². The van der Waals surface area contributed by atoms with Gasteiger partial charge in [0.1, 0.15) is 11.6 Å². The first kappa shape index (κ1) is 17.3. The van der Waals surface area contributed by atoms with Crippen LogP contribution in [0.15, 0.2) is 18.2 Å². The Labute approximate surface area is 146 Å². The highest BCUT2D eigenvalue weighted by atomic mass is 35.5. The first-order valence-corrected chi connectivity index (χ1v) is 8.87. The standard InChI is InChI=1S/C19H21ClF2N2/c1-3-12-7-9-13(10-8-12)16-11(2)23-24-19(20)18(16)17-14(21)5-4-6-15(17)22/h4-6,12-13H,3,7-10H2,1-2H3. The van der Waals surface area contributed by atoms with Crippen molar-refractivity contribution in [2.75, 3.05) is 0 Å². The average Bonchev–Trinajstić information content (AvgIpc) is 2.58. The lowest BCUT2D eigenvalue weighted by atomic mass is 9.76. The summed E-state index contributed by atoms with van der Waals surface area (Å²) >= 11 is 6.25. The third kappa shape index (κ3) is 3.16. The Morgan fingerprint density at radius 3 is 2.25 bits per heavy atom. The van der Waals surface area contributed by atoms with Crippen molar-refractivity contribution in [1.29, 1.82) is 0 Å². The van der Waals surface area contributed by atoms with Crippen molar-refractivity contribution in [2.24, 2.45) is 5.92 Å². The fraction of sp³-hybridized carbons (Fsp3) is 0.474. The lowest BCUT2D eigenvalue weighted by Gasteiger charge is -2.30. The molecular weight excluding hydrogens is 330 g/mol. The fourth-order valence-corrected chi connectivity index (χ4v) is 4.08. The van der Waals surface area contributed by atoms with Crippen LogP contribution in [-0.2, 0) is 0 Å². The number of benzene rings is 1. The van der Waals surface area contributed by atoms with Crippen LogP contribution in [0.2, 0.25) is 5.15 Å². The molecule has 1 fully saturated rings. The number of nitrogens with zero attached hydrogens (tertiary/aromatic N) is 2. The van der Waals surface area contributed by atoms with Gasteiger partial charge in [-0.05, 0) is 62.1 Å². The summed E-state index contributed by atoms with van der Waals surface area (Å²) < 4.78 is 28.7. The normalized spacial score (nSPS) is 21.0. The van der Waals surface area contributed by atoms with Crippen LogP contribution in [0, 0.1) is 24.5 Å². The summed E-state index contributed by atoms with van der Waals surface area (Å²) in [6.45, 7) is 4.05. The molecule has 3 rings (SSSR count). The second-order valence-electron chi connectivity index (χ2n) is 6.59. The molecule has 0 bridgehead atoms. The highest BCUT2D eigenvalue weighted by molar-refractivity contribution is 6.32. The molecule has 1 aliphatic rings. The molecule has 1 heterocycles. The van der Waals surface area contributed by atoms with Crippen molar-refractivity contribution in [3.05, 3.63) is 46.2 Å². The number of hydrogen-bond acceptors (Lipinski definition) is 2. The molecule has 0 aliphatic heterocycles. The summed E-state index contributed by atoms with van der Waals surface area (Å²) in [5.41, 5.74) is 1.85. The molecular formula is C19H21ClF2N2. The van der Waals surface area contributed by atoms with Gasteiger partial charge in [-0.2, -0.15) is 5.10 Å². The number of halogens is 3. The van der Waals surface area contributed by atoms with Crippen molar-refractivity contribution >= 4 is 11.6 Å². The minimum atomic E-state index is -0.618. The monoisotopic (exact) mass is 350 g/mol. The van der Waals surface area contributed by atoms with E-state index in [9.17, 15) is 8.78 Å². The predicted octanol–water partition coefficient (Wildman–Crippen LogP) is 6.07. The third-order valence-corrected chi connectivity index (χ3v) is 5.46. The molecule has 5 heteroatoms. The zero-order valence-electron chi connectivity index (χ0n) is 14.0. The number of rotatable bonds is 3. The first-order valence-electron chi connectivity index (χ1n) is 8.50. The van der Waals surface area contributed by atoms with Crippen molar-refractivity contribution in [2.45, 2.75) is 51.9 Å². The van der Waals surface area contributed by atoms with Gasteiger partial charge in [0.05, 0.1) is 11.3 Å². The third-order valence-electron chi connectivity index (χ3n) is 5.20. The summed E-state index contributed by atoms with van der Waals surface area (Å²) in [6.07, 6.45) is 5.41. The smallest absolute Gasteiger partial charge is 0.160 e. The fourth-order valence-electron chi connectivity index (χ4n) is 3.85. The van der Waals surface area contributed by atoms with Gasteiger partial charge < -0.3 is 0 Å². The van der Waals surface area contributed by atoms with E-state index in [0.29, 0.717) is 11.3 Å². The van der Waals surface area contributed by atoms with Crippen molar-refractivity contribution < 1.29 is 8.78 Å². The van der Waals surface area contributed by atoms with Crippen LogP contribution >= 0.6 is 11.6 Å². The summed E-state index contributed by atoms with van der Waals surface area (Å²) in [4.78, 5) is 0. The Balaban J connectivity index is 2.12. The molecule has 1 aromatic heterocycles. The van der Waals surface area contributed by atoms with E-state index in [0.717, 1.165) is 37.2 Å². The molecule has 0 N–H and O–H groups in total. The van der Waals surface area contributed by atoms with E-state index in [1.807, 2.05) is 6.92 Å². The van der Waals surface area contributed by atoms with E-state index in [1.54, 1.807) is 0 Å². The van der Waals surface area contributed by atoms with Gasteiger partial charge in [0.2, 0.25) is 0 Å². The zero-order valence-corrected chi connectivity index (χ0v) is 14.7. The topological polar surface area (TPSA) is 25.8 Å². The van der Waals surface area contributed by atoms with E-state index >= 15 is 0 Å². The van der Waals surface area contributed by atoms with Crippen LogP contribution in [0.25, 0.3) is 11.1 Å². The molecule has 24 heavy (non-hydrogen) atoms. The highest BCUT2D eigenvalue weighted by Crippen LogP contribution is 2.44. The number of aryl methyl sites for hydroxylation is 1. The Morgan fingerprint density at radius 2 is 1.67 bits per heavy atom. The minimum absolute atomic E-state index is 0.0669. The van der Waals surface area contributed by atoms with E-state index in [1.165, 1.54) is 24.6 Å². The molecule has 0 unspecified atom stereocenters. The zero-order chi connectivity index (χ0) is 17.3. The van der Waals surface area contributed by atoms with E-state index < -0.39 is 11.6 Å². The van der Waals surface area contributed by atoms with Gasteiger partial charge in [0.25, 0.3) is 0 Å². The van der Waals surface area contributed by atoms with Crippen LogP contribution in [0.5, 0.6) is 0 Å². The Bertz CT molecular complexity index is 720. The van der Waals surface area contributed by atoms with Gasteiger partial charge in [-0.3, -0.25) is 0 Å².